The Morgan fingerprint density at radius 2 is 2.03 bits per heavy atom. The third-order valence-electron chi connectivity index (χ3n) is 5.71. The lowest BCUT2D eigenvalue weighted by Crippen LogP contribution is -2.42. The highest BCUT2D eigenvalue weighted by molar-refractivity contribution is 5.89. The number of halogens is 3. The maximum Gasteiger partial charge on any atom is 0.417 e. The molecule has 1 aromatic carbocycles. The van der Waals surface area contributed by atoms with Crippen LogP contribution in [-0.2, 0) is 6.18 Å². The summed E-state index contributed by atoms with van der Waals surface area (Å²) < 4.78 is 43.8. The lowest BCUT2D eigenvalue weighted by Gasteiger charge is -2.33. The number of hydrogen-bond acceptors (Lipinski definition) is 5. The maximum atomic E-state index is 12.7. The minimum atomic E-state index is -4.45. The van der Waals surface area contributed by atoms with Gasteiger partial charge in [0.05, 0.1) is 17.4 Å². The number of aromatic nitrogens is 2. The number of carbonyl (C=O) groups is 1. The molecule has 1 aliphatic rings. The largest absolute Gasteiger partial charge is 0.439 e. The molecule has 1 N–H and O–H groups in total. The van der Waals surface area contributed by atoms with E-state index in [-0.39, 0.29) is 23.5 Å². The minimum Gasteiger partial charge on any atom is -0.439 e. The average Bonchev–Trinajstić information content (AvgIpc) is 2.86. The number of nitriles is 1. The van der Waals surface area contributed by atoms with Gasteiger partial charge in [-0.05, 0) is 48.2 Å². The number of urea groups is 1. The van der Waals surface area contributed by atoms with Crippen molar-refractivity contribution in [2.24, 2.45) is 5.92 Å². The van der Waals surface area contributed by atoms with E-state index < -0.39 is 11.7 Å². The summed E-state index contributed by atoms with van der Waals surface area (Å²) in [6, 6.07) is 14.2. The summed E-state index contributed by atoms with van der Waals surface area (Å²) in [7, 11) is 0. The molecule has 1 aliphatic heterocycles. The van der Waals surface area contributed by atoms with Gasteiger partial charge >= 0.3 is 12.2 Å². The van der Waals surface area contributed by atoms with Gasteiger partial charge in [-0.15, -0.1) is 0 Å². The average molecular weight is 493 g/mol. The van der Waals surface area contributed by atoms with Gasteiger partial charge in [0, 0.05) is 25.4 Å². The fraction of sp³-hybridized carbons (Fsp3) is 0.231. The van der Waals surface area contributed by atoms with Gasteiger partial charge in [0.15, 0.2) is 0 Å². The number of pyridine rings is 2. The van der Waals surface area contributed by atoms with Crippen LogP contribution in [0.3, 0.4) is 0 Å². The van der Waals surface area contributed by atoms with Gasteiger partial charge in [0.25, 0.3) is 0 Å². The highest BCUT2D eigenvalue weighted by Gasteiger charge is 2.30. The molecule has 1 fully saturated rings. The second-order valence-electron chi connectivity index (χ2n) is 8.35. The van der Waals surface area contributed by atoms with Gasteiger partial charge in [0.1, 0.15) is 17.5 Å². The number of likely N-dealkylation sites (tertiary alicyclic amines) is 1. The van der Waals surface area contributed by atoms with Crippen molar-refractivity contribution in [3.05, 3.63) is 83.3 Å². The van der Waals surface area contributed by atoms with E-state index in [2.05, 4.69) is 15.3 Å². The van der Waals surface area contributed by atoms with Crippen LogP contribution in [-0.4, -0.2) is 34.0 Å². The van der Waals surface area contributed by atoms with Crippen LogP contribution in [0.1, 0.15) is 30.2 Å². The lowest BCUT2D eigenvalue weighted by molar-refractivity contribution is -0.137. The Labute approximate surface area is 205 Å². The van der Waals surface area contributed by atoms with Gasteiger partial charge in [-0.3, -0.25) is 0 Å². The first-order chi connectivity index (χ1) is 17.2. The first-order valence-corrected chi connectivity index (χ1v) is 11.1. The van der Waals surface area contributed by atoms with E-state index in [1.165, 1.54) is 17.8 Å². The third kappa shape index (κ3) is 6.18. The molecule has 36 heavy (non-hydrogen) atoms. The van der Waals surface area contributed by atoms with E-state index in [1.807, 2.05) is 25.1 Å². The summed E-state index contributed by atoms with van der Waals surface area (Å²) in [4.78, 5) is 22.1. The summed E-state index contributed by atoms with van der Waals surface area (Å²) in [5, 5.41) is 11.6. The Balaban J connectivity index is 1.37. The SMILES string of the molecule is CC1CN(C(=O)Nc2ccc(C#N)nc2)CC/C1=C\c1cccc(Oc2ccc(C(F)(F)F)cn2)c1. The van der Waals surface area contributed by atoms with Crippen LogP contribution >= 0.6 is 0 Å². The number of rotatable bonds is 4. The topological polar surface area (TPSA) is 91.1 Å². The second kappa shape index (κ2) is 10.5. The molecule has 2 aromatic heterocycles. The summed E-state index contributed by atoms with van der Waals surface area (Å²) >= 11 is 0. The van der Waals surface area contributed by atoms with Crippen LogP contribution in [0.4, 0.5) is 23.7 Å². The summed E-state index contributed by atoms with van der Waals surface area (Å²) in [6.07, 6.45) is 0.462. The van der Waals surface area contributed by atoms with E-state index in [0.29, 0.717) is 30.9 Å². The third-order valence-corrected chi connectivity index (χ3v) is 5.71. The molecule has 184 valence electrons. The van der Waals surface area contributed by atoms with Crippen molar-refractivity contribution in [1.29, 1.82) is 5.26 Å². The standard InChI is InChI=1S/C26H22F3N5O2/c1-17-16-34(25(35)33-22-7-6-21(13-30)31-15-22)10-9-19(17)11-18-3-2-4-23(12-18)36-24-8-5-20(14-32-24)26(27,28)29/h2-8,11-12,14-15,17H,9-10,16H2,1H3,(H,33,35)/b19-11+. The van der Waals surface area contributed by atoms with Gasteiger partial charge in [-0.1, -0.05) is 30.7 Å². The predicted octanol–water partition coefficient (Wildman–Crippen LogP) is 6.12. The molecule has 1 unspecified atom stereocenters. The Bertz CT molecular complexity index is 1300. The van der Waals surface area contributed by atoms with Crippen LogP contribution in [0.25, 0.3) is 6.08 Å². The smallest absolute Gasteiger partial charge is 0.417 e. The van der Waals surface area contributed by atoms with Gasteiger partial charge in [-0.25, -0.2) is 14.8 Å². The Kier molecular flexibility index (Phi) is 7.20. The van der Waals surface area contributed by atoms with E-state index in [1.54, 1.807) is 35.2 Å². The molecule has 2 amide bonds. The summed E-state index contributed by atoms with van der Waals surface area (Å²) in [5.41, 5.74) is 2.01. The zero-order valence-corrected chi connectivity index (χ0v) is 19.3. The molecule has 0 saturated carbocycles. The van der Waals surface area contributed by atoms with Crippen LogP contribution in [0.15, 0.2) is 66.5 Å². The number of benzene rings is 1. The van der Waals surface area contributed by atoms with E-state index in [0.717, 1.165) is 17.8 Å². The van der Waals surface area contributed by atoms with Crippen molar-refractivity contribution in [3.8, 4) is 17.7 Å². The number of nitrogens with one attached hydrogen (secondary N) is 1. The van der Waals surface area contributed by atoms with Crippen molar-refractivity contribution < 1.29 is 22.7 Å². The van der Waals surface area contributed by atoms with Gasteiger partial charge < -0.3 is 15.0 Å². The summed E-state index contributed by atoms with van der Waals surface area (Å²) in [5.74, 6) is 0.639. The van der Waals surface area contributed by atoms with Crippen molar-refractivity contribution in [2.45, 2.75) is 19.5 Å². The molecule has 0 spiro atoms. The van der Waals surface area contributed by atoms with Gasteiger partial charge in [0.2, 0.25) is 5.88 Å². The fourth-order valence-corrected chi connectivity index (χ4v) is 3.80. The molecule has 1 saturated heterocycles. The maximum absolute atomic E-state index is 12.7. The number of anilines is 1. The number of piperidine rings is 1. The molecule has 7 nitrogen and oxygen atoms in total. The Morgan fingerprint density at radius 3 is 2.67 bits per heavy atom. The molecule has 0 bridgehead atoms. The number of alkyl halides is 3. The molecular weight excluding hydrogens is 471 g/mol. The van der Waals surface area contributed by atoms with Crippen molar-refractivity contribution in [2.75, 3.05) is 18.4 Å². The highest BCUT2D eigenvalue weighted by atomic mass is 19.4. The lowest BCUT2D eigenvalue weighted by atomic mass is 9.91. The fourth-order valence-electron chi connectivity index (χ4n) is 3.80. The summed E-state index contributed by atoms with van der Waals surface area (Å²) in [6.45, 7) is 3.12. The number of nitrogens with zero attached hydrogens (tertiary/aromatic N) is 4. The van der Waals surface area contributed by atoms with Crippen molar-refractivity contribution in [1.82, 2.24) is 14.9 Å². The monoisotopic (exact) mass is 493 g/mol. The Morgan fingerprint density at radius 1 is 1.19 bits per heavy atom. The first-order valence-electron chi connectivity index (χ1n) is 11.1. The quantitative estimate of drug-likeness (QED) is 0.473. The van der Waals surface area contributed by atoms with Crippen LogP contribution in [0.2, 0.25) is 0 Å². The molecule has 4 rings (SSSR count). The molecule has 1 atom stereocenters. The number of hydrogen-bond donors (Lipinski definition) is 1. The van der Waals surface area contributed by atoms with E-state index >= 15 is 0 Å². The van der Waals surface area contributed by atoms with E-state index in [9.17, 15) is 18.0 Å². The van der Waals surface area contributed by atoms with Gasteiger partial charge in [-0.2, -0.15) is 18.4 Å². The number of carbonyl (C=O) groups excluding carboxylic acids is 1. The van der Waals surface area contributed by atoms with Crippen LogP contribution in [0.5, 0.6) is 11.6 Å². The van der Waals surface area contributed by atoms with Crippen molar-refractivity contribution >= 4 is 17.8 Å². The van der Waals surface area contributed by atoms with Crippen molar-refractivity contribution in [3.63, 3.8) is 0 Å². The molecule has 10 heteroatoms. The zero-order chi connectivity index (χ0) is 25.7. The molecule has 0 aliphatic carbocycles. The normalized spacial score (nSPS) is 16.9. The van der Waals surface area contributed by atoms with E-state index in [4.69, 9.17) is 10.00 Å². The zero-order valence-electron chi connectivity index (χ0n) is 19.3. The highest BCUT2D eigenvalue weighted by Crippen LogP contribution is 2.31. The molecule has 3 aromatic rings. The first kappa shape index (κ1) is 24.7. The minimum absolute atomic E-state index is 0.0676. The number of ether oxygens (including phenoxy) is 1. The molecular formula is C26H22F3N5O2. The van der Waals surface area contributed by atoms with Crippen LogP contribution < -0.4 is 10.1 Å². The number of amides is 2. The Hall–Kier alpha value is -4.39. The van der Waals surface area contributed by atoms with Crippen LogP contribution in [0, 0.1) is 17.2 Å². The molecule has 0 radical (unpaired) electrons. The molecule has 3 heterocycles. The second-order valence-corrected chi connectivity index (χ2v) is 8.35. The predicted molar refractivity (Wildman–Crippen MR) is 127 cm³/mol.